The maximum atomic E-state index is 12.2. The summed E-state index contributed by atoms with van der Waals surface area (Å²) in [5.74, 6) is -0.323. The summed E-state index contributed by atoms with van der Waals surface area (Å²) in [4.78, 5) is 29.3. The summed E-state index contributed by atoms with van der Waals surface area (Å²) in [6.45, 7) is 4.16. The number of aromatic nitrogens is 3. The van der Waals surface area contributed by atoms with Gasteiger partial charge in [0.05, 0.1) is 17.4 Å². The number of hydrogen-bond acceptors (Lipinski definition) is 4. The average Bonchev–Trinajstić information content (AvgIpc) is 3.07. The number of nitro groups is 1. The predicted molar refractivity (Wildman–Crippen MR) is 76.1 cm³/mol. The first-order valence-electron chi connectivity index (χ1n) is 6.60. The molecule has 0 saturated heterocycles. The summed E-state index contributed by atoms with van der Waals surface area (Å²) < 4.78 is 1.60. The quantitative estimate of drug-likeness (QED) is 0.623. The number of hydrogen-bond donors (Lipinski definition) is 2. The number of nitrogens with zero attached hydrogens (tertiary/aromatic N) is 3. The highest BCUT2D eigenvalue weighted by Crippen LogP contribution is 2.20. The zero-order chi connectivity index (χ0) is 15.4. The summed E-state index contributed by atoms with van der Waals surface area (Å²) in [7, 11) is 0. The van der Waals surface area contributed by atoms with Crippen molar-refractivity contribution in [1.29, 1.82) is 0 Å². The molecule has 8 heteroatoms. The van der Waals surface area contributed by atoms with E-state index in [-0.39, 0.29) is 17.6 Å². The lowest BCUT2D eigenvalue weighted by Gasteiger charge is -2.11. The van der Waals surface area contributed by atoms with E-state index in [1.165, 1.54) is 12.3 Å². The molecule has 0 saturated carbocycles. The summed E-state index contributed by atoms with van der Waals surface area (Å²) in [6, 6.07) is 1.26. The van der Waals surface area contributed by atoms with Gasteiger partial charge in [-0.1, -0.05) is 0 Å². The van der Waals surface area contributed by atoms with Gasteiger partial charge in [-0.25, -0.2) is 4.98 Å². The van der Waals surface area contributed by atoms with E-state index in [4.69, 9.17) is 0 Å². The molecular weight excluding hydrogens is 274 g/mol. The molecule has 2 aromatic rings. The highest BCUT2D eigenvalue weighted by molar-refractivity contribution is 5.93. The summed E-state index contributed by atoms with van der Waals surface area (Å²) in [5.41, 5.74) is 1.13. The van der Waals surface area contributed by atoms with Crippen LogP contribution in [0.5, 0.6) is 0 Å². The fourth-order valence-electron chi connectivity index (χ4n) is 2.00. The second-order valence-corrected chi connectivity index (χ2v) is 4.92. The van der Waals surface area contributed by atoms with Gasteiger partial charge < -0.3 is 14.9 Å². The molecule has 0 aliphatic carbocycles. The zero-order valence-corrected chi connectivity index (χ0v) is 11.9. The lowest BCUT2D eigenvalue weighted by atomic mass is 10.3. The van der Waals surface area contributed by atoms with Gasteiger partial charge in [-0.15, -0.1) is 0 Å². The number of amides is 1. The SMILES string of the molecule is CC(C)n1cc([N+](=O)[O-])cc1C(=O)NCCc1cnc[nH]1. The van der Waals surface area contributed by atoms with Crippen molar-refractivity contribution in [1.82, 2.24) is 19.9 Å². The van der Waals surface area contributed by atoms with Gasteiger partial charge in [-0.2, -0.15) is 0 Å². The molecule has 0 atom stereocenters. The van der Waals surface area contributed by atoms with E-state index in [9.17, 15) is 14.9 Å². The van der Waals surface area contributed by atoms with Crippen LogP contribution in [0.2, 0.25) is 0 Å². The molecule has 0 fully saturated rings. The third kappa shape index (κ3) is 3.47. The van der Waals surface area contributed by atoms with Crippen LogP contribution in [0.1, 0.15) is 36.1 Å². The highest BCUT2D eigenvalue weighted by atomic mass is 16.6. The minimum Gasteiger partial charge on any atom is -0.350 e. The largest absolute Gasteiger partial charge is 0.350 e. The van der Waals surface area contributed by atoms with Crippen LogP contribution < -0.4 is 5.32 Å². The Balaban J connectivity index is 2.05. The molecule has 1 amide bonds. The highest BCUT2D eigenvalue weighted by Gasteiger charge is 2.20. The minimum atomic E-state index is -0.500. The number of carbonyl (C=O) groups excluding carboxylic acids is 1. The van der Waals surface area contributed by atoms with Crippen molar-refractivity contribution < 1.29 is 9.72 Å². The number of imidazole rings is 1. The maximum absolute atomic E-state index is 12.2. The Kier molecular flexibility index (Phi) is 4.36. The van der Waals surface area contributed by atoms with Gasteiger partial charge in [0.25, 0.3) is 11.6 Å². The molecule has 0 bridgehead atoms. The fourth-order valence-corrected chi connectivity index (χ4v) is 2.00. The van der Waals surface area contributed by atoms with Crippen LogP contribution in [-0.4, -0.2) is 31.9 Å². The topological polar surface area (TPSA) is 106 Å². The second-order valence-electron chi connectivity index (χ2n) is 4.92. The van der Waals surface area contributed by atoms with E-state index >= 15 is 0 Å². The van der Waals surface area contributed by atoms with Crippen LogP contribution in [-0.2, 0) is 6.42 Å². The first-order valence-corrected chi connectivity index (χ1v) is 6.60. The summed E-state index contributed by atoms with van der Waals surface area (Å²) >= 11 is 0. The van der Waals surface area contributed by atoms with E-state index in [2.05, 4.69) is 15.3 Å². The maximum Gasteiger partial charge on any atom is 0.287 e. The van der Waals surface area contributed by atoms with Crippen LogP contribution in [0.4, 0.5) is 5.69 Å². The van der Waals surface area contributed by atoms with Crippen LogP contribution in [0, 0.1) is 10.1 Å². The van der Waals surface area contributed by atoms with Gasteiger partial charge in [0.1, 0.15) is 5.69 Å². The number of nitrogens with one attached hydrogen (secondary N) is 2. The second kappa shape index (κ2) is 6.21. The minimum absolute atomic E-state index is 0.0351. The van der Waals surface area contributed by atoms with Crippen LogP contribution >= 0.6 is 0 Å². The third-order valence-corrected chi connectivity index (χ3v) is 3.07. The lowest BCUT2D eigenvalue weighted by Crippen LogP contribution is -2.28. The van der Waals surface area contributed by atoms with Crippen molar-refractivity contribution in [2.75, 3.05) is 6.54 Å². The molecule has 0 unspecified atom stereocenters. The molecule has 0 spiro atoms. The standard InChI is InChI=1S/C13H17N5O3/c1-9(2)17-7-11(18(20)21)5-12(17)13(19)15-4-3-10-6-14-8-16-10/h5-9H,3-4H2,1-2H3,(H,14,16)(H,15,19). The Hall–Kier alpha value is -2.64. The van der Waals surface area contributed by atoms with Gasteiger partial charge in [0.15, 0.2) is 0 Å². The van der Waals surface area contributed by atoms with Gasteiger partial charge in [-0.3, -0.25) is 14.9 Å². The van der Waals surface area contributed by atoms with E-state index in [1.807, 2.05) is 13.8 Å². The molecule has 8 nitrogen and oxygen atoms in total. The smallest absolute Gasteiger partial charge is 0.287 e. The van der Waals surface area contributed by atoms with E-state index < -0.39 is 4.92 Å². The molecule has 2 aromatic heterocycles. The number of H-pyrrole nitrogens is 1. The first-order chi connectivity index (χ1) is 9.99. The molecule has 2 heterocycles. The summed E-state index contributed by atoms with van der Waals surface area (Å²) in [6.07, 6.45) is 5.27. The Labute approximate surface area is 121 Å². The molecule has 112 valence electrons. The number of carbonyl (C=O) groups is 1. The Morgan fingerprint density at radius 2 is 2.33 bits per heavy atom. The van der Waals surface area contributed by atoms with E-state index in [1.54, 1.807) is 17.1 Å². The van der Waals surface area contributed by atoms with Crippen LogP contribution in [0.3, 0.4) is 0 Å². The van der Waals surface area contributed by atoms with Gasteiger partial charge in [0.2, 0.25) is 0 Å². The predicted octanol–water partition coefficient (Wildman–Crippen LogP) is 1.67. The van der Waals surface area contributed by atoms with Crippen molar-refractivity contribution in [3.63, 3.8) is 0 Å². The monoisotopic (exact) mass is 291 g/mol. The van der Waals surface area contributed by atoms with Crippen molar-refractivity contribution in [3.8, 4) is 0 Å². The van der Waals surface area contributed by atoms with Gasteiger partial charge >= 0.3 is 0 Å². The number of aromatic amines is 1. The lowest BCUT2D eigenvalue weighted by molar-refractivity contribution is -0.384. The molecule has 2 rings (SSSR count). The summed E-state index contributed by atoms with van der Waals surface area (Å²) in [5, 5.41) is 13.6. The van der Waals surface area contributed by atoms with Crippen molar-refractivity contribution in [2.24, 2.45) is 0 Å². The Bertz CT molecular complexity index is 630. The molecule has 21 heavy (non-hydrogen) atoms. The Morgan fingerprint density at radius 1 is 1.57 bits per heavy atom. The normalized spacial score (nSPS) is 10.8. The molecule has 0 radical (unpaired) electrons. The first kappa shape index (κ1) is 14.8. The van der Waals surface area contributed by atoms with Crippen LogP contribution in [0.15, 0.2) is 24.8 Å². The molecular formula is C13H17N5O3. The van der Waals surface area contributed by atoms with E-state index in [0.717, 1.165) is 5.69 Å². The van der Waals surface area contributed by atoms with Crippen molar-refractivity contribution in [3.05, 3.63) is 46.3 Å². The fraction of sp³-hybridized carbons (Fsp3) is 0.385. The van der Waals surface area contributed by atoms with Gasteiger partial charge in [0, 0.05) is 37.0 Å². The molecule has 0 aliphatic heterocycles. The van der Waals surface area contributed by atoms with Crippen molar-refractivity contribution >= 4 is 11.6 Å². The zero-order valence-electron chi connectivity index (χ0n) is 11.9. The molecule has 0 aliphatic rings. The molecule has 2 N–H and O–H groups in total. The van der Waals surface area contributed by atoms with E-state index in [0.29, 0.717) is 18.7 Å². The third-order valence-electron chi connectivity index (χ3n) is 3.07. The average molecular weight is 291 g/mol. The molecule has 0 aromatic carbocycles. The Morgan fingerprint density at radius 3 is 2.90 bits per heavy atom. The van der Waals surface area contributed by atoms with Crippen LogP contribution in [0.25, 0.3) is 0 Å². The van der Waals surface area contributed by atoms with Crippen molar-refractivity contribution in [2.45, 2.75) is 26.3 Å². The number of rotatable bonds is 6. The van der Waals surface area contributed by atoms with Gasteiger partial charge in [-0.05, 0) is 13.8 Å².